The summed E-state index contributed by atoms with van der Waals surface area (Å²) in [6.45, 7) is 2.20. The Bertz CT molecular complexity index is 530. The minimum absolute atomic E-state index is 0.474. The Morgan fingerprint density at radius 1 is 1.44 bits per heavy atom. The molecule has 3 nitrogen and oxygen atoms in total. The van der Waals surface area contributed by atoms with Crippen molar-refractivity contribution in [1.82, 2.24) is 5.16 Å². The zero-order chi connectivity index (χ0) is 11.1. The lowest BCUT2D eigenvalue weighted by atomic mass is 9.84. The number of fused-ring (bicyclic) bond motifs is 3. The van der Waals surface area contributed by atoms with Gasteiger partial charge in [0.1, 0.15) is 5.75 Å². The molecule has 0 radical (unpaired) electrons. The fourth-order valence-corrected chi connectivity index (χ4v) is 2.31. The number of aromatic nitrogens is 1. The molecule has 0 saturated heterocycles. The van der Waals surface area contributed by atoms with E-state index in [1.807, 2.05) is 18.3 Å². The van der Waals surface area contributed by atoms with Crippen LogP contribution in [-0.2, 0) is 6.42 Å². The summed E-state index contributed by atoms with van der Waals surface area (Å²) in [6, 6.07) is 6.12. The van der Waals surface area contributed by atoms with Crippen molar-refractivity contribution in [3.8, 4) is 17.1 Å². The van der Waals surface area contributed by atoms with Crippen LogP contribution in [0.5, 0.6) is 5.75 Å². The van der Waals surface area contributed by atoms with Crippen LogP contribution in [0.2, 0.25) is 0 Å². The van der Waals surface area contributed by atoms with E-state index in [9.17, 15) is 0 Å². The van der Waals surface area contributed by atoms with Crippen LogP contribution in [0.25, 0.3) is 11.3 Å². The molecule has 1 aliphatic carbocycles. The number of nitrogens with zero attached hydrogens (tertiary/aromatic N) is 1. The summed E-state index contributed by atoms with van der Waals surface area (Å²) in [5.41, 5.74) is 3.61. The first kappa shape index (κ1) is 9.46. The highest BCUT2D eigenvalue weighted by Gasteiger charge is 2.25. The normalized spacial score (nSPS) is 17.8. The van der Waals surface area contributed by atoms with Crippen LogP contribution >= 0.6 is 0 Å². The molecule has 0 N–H and O–H groups in total. The van der Waals surface area contributed by atoms with Gasteiger partial charge in [0.05, 0.1) is 13.3 Å². The van der Waals surface area contributed by atoms with E-state index >= 15 is 0 Å². The monoisotopic (exact) mass is 215 g/mol. The number of ether oxygens (including phenoxy) is 1. The van der Waals surface area contributed by atoms with Gasteiger partial charge in [0.25, 0.3) is 0 Å². The maximum Gasteiger partial charge on any atom is 0.170 e. The van der Waals surface area contributed by atoms with Crippen LogP contribution in [0.4, 0.5) is 0 Å². The molecule has 2 aromatic rings. The Morgan fingerprint density at radius 3 is 3.12 bits per heavy atom. The van der Waals surface area contributed by atoms with Crippen molar-refractivity contribution in [3.63, 3.8) is 0 Å². The van der Waals surface area contributed by atoms with E-state index in [-0.39, 0.29) is 0 Å². The molecule has 0 spiro atoms. The van der Waals surface area contributed by atoms with Gasteiger partial charge in [-0.3, -0.25) is 0 Å². The third-order valence-electron chi connectivity index (χ3n) is 3.22. The number of hydrogen-bond donors (Lipinski definition) is 0. The summed E-state index contributed by atoms with van der Waals surface area (Å²) < 4.78 is 10.6. The number of benzene rings is 1. The molecule has 1 aliphatic rings. The van der Waals surface area contributed by atoms with Gasteiger partial charge in [-0.05, 0) is 30.0 Å². The van der Waals surface area contributed by atoms with Crippen LogP contribution in [0.3, 0.4) is 0 Å². The summed E-state index contributed by atoms with van der Waals surface area (Å²) in [4.78, 5) is 0. The molecule has 16 heavy (non-hydrogen) atoms. The van der Waals surface area contributed by atoms with Crippen molar-refractivity contribution in [3.05, 3.63) is 35.5 Å². The lowest BCUT2D eigenvalue weighted by Crippen LogP contribution is -2.06. The highest BCUT2D eigenvalue weighted by molar-refractivity contribution is 5.70. The van der Waals surface area contributed by atoms with Crippen molar-refractivity contribution in [2.24, 2.45) is 0 Å². The number of rotatable bonds is 1. The third-order valence-corrected chi connectivity index (χ3v) is 3.22. The summed E-state index contributed by atoms with van der Waals surface area (Å²) >= 11 is 0. The molecule has 0 saturated carbocycles. The topological polar surface area (TPSA) is 35.3 Å². The predicted molar refractivity (Wildman–Crippen MR) is 60.6 cm³/mol. The molecule has 1 heterocycles. The van der Waals surface area contributed by atoms with Gasteiger partial charge in [-0.25, -0.2) is 0 Å². The first-order chi connectivity index (χ1) is 7.79. The fraction of sp³-hybridized carbons (Fsp3) is 0.308. The van der Waals surface area contributed by atoms with Crippen LogP contribution < -0.4 is 4.74 Å². The summed E-state index contributed by atoms with van der Waals surface area (Å²) in [5.74, 6) is 2.23. The molecular formula is C13H13NO2. The van der Waals surface area contributed by atoms with Crippen LogP contribution in [0.15, 0.2) is 28.9 Å². The minimum atomic E-state index is 0.474. The van der Waals surface area contributed by atoms with Crippen molar-refractivity contribution in [2.75, 3.05) is 7.11 Å². The second-order valence-corrected chi connectivity index (χ2v) is 4.24. The average Bonchev–Trinajstić information content (AvgIpc) is 2.78. The van der Waals surface area contributed by atoms with Crippen LogP contribution in [-0.4, -0.2) is 12.3 Å². The van der Waals surface area contributed by atoms with Gasteiger partial charge >= 0.3 is 0 Å². The fourth-order valence-electron chi connectivity index (χ4n) is 2.31. The number of hydrogen-bond acceptors (Lipinski definition) is 3. The molecule has 1 atom stereocenters. The van der Waals surface area contributed by atoms with Crippen molar-refractivity contribution < 1.29 is 9.26 Å². The molecule has 0 fully saturated rings. The third kappa shape index (κ3) is 1.24. The van der Waals surface area contributed by atoms with E-state index < -0.39 is 0 Å². The van der Waals surface area contributed by atoms with Gasteiger partial charge in [0.15, 0.2) is 5.76 Å². The highest BCUT2D eigenvalue weighted by Crippen LogP contribution is 2.40. The van der Waals surface area contributed by atoms with Crippen LogP contribution in [0, 0.1) is 0 Å². The SMILES string of the molecule is COc1ccc2c(c1)-c1oncc1C(C)C2. The Labute approximate surface area is 94.0 Å². The molecule has 0 bridgehead atoms. The molecule has 1 unspecified atom stereocenters. The van der Waals surface area contributed by atoms with E-state index in [4.69, 9.17) is 9.26 Å². The first-order valence-electron chi connectivity index (χ1n) is 5.41. The van der Waals surface area contributed by atoms with Gasteiger partial charge in [-0.15, -0.1) is 0 Å². The lowest BCUT2D eigenvalue weighted by Gasteiger charge is -2.20. The Balaban J connectivity index is 2.21. The summed E-state index contributed by atoms with van der Waals surface area (Å²) in [5, 5.41) is 3.89. The largest absolute Gasteiger partial charge is 0.497 e. The second kappa shape index (κ2) is 3.37. The summed E-state index contributed by atoms with van der Waals surface area (Å²) in [7, 11) is 1.68. The van der Waals surface area contributed by atoms with Crippen molar-refractivity contribution in [1.29, 1.82) is 0 Å². The van der Waals surface area contributed by atoms with Gasteiger partial charge in [-0.2, -0.15) is 0 Å². The maximum absolute atomic E-state index is 5.35. The quantitative estimate of drug-likeness (QED) is 0.733. The van der Waals surface area contributed by atoms with E-state index in [2.05, 4.69) is 18.1 Å². The summed E-state index contributed by atoms with van der Waals surface area (Å²) in [6.07, 6.45) is 2.86. The van der Waals surface area contributed by atoms with E-state index in [1.165, 1.54) is 11.1 Å². The average molecular weight is 215 g/mol. The Morgan fingerprint density at radius 2 is 2.31 bits per heavy atom. The predicted octanol–water partition coefficient (Wildman–Crippen LogP) is 3.01. The molecule has 82 valence electrons. The lowest BCUT2D eigenvalue weighted by molar-refractivity contribution is 0.412. The molecule has 1 aromatic heterocycles. The van der Waals surface area contributed by atoms with Gasteiger partial charge in [-0.1, -0.05) is 18.1 Å². The molecule has 0 amide bonds. The molecule has 3 heteroatoms. The van der Waals surface area contributed by atoms with E-state index in [0.29, 0.717) is 5.92 Å². The second-order valence-electron chi connectivity index (χ2n) is 4.24. The first-order valence-corrected chi connectivity index (χ1v) is 5.41. The zero-order valence-electron chi connectivity index (χ0n) is 9.36. The Kier molecular flexibility index (Phi) is 1.99. The zero-order valence-corrected chi connectivity index (χ0v) is 9.36. The standard InChI is InChI=1S/C13H13NO2/c1-8-5-9-3-4-10(15-2)6-11(9)13-12(8)7-14-16-13/h3-4,6-8H,5H2,1-2H3. The molecule has 0 aliphatic heterocycles. The van der Waals surface area contributed by atoms with Crippen molar-refractivity contribution >= 4 is 0 Å². The highest BCUT2D eigenvalue weighted by atomic mass is 16.5. The number of methoxy groups -OCH3 is 1. The molecular weight excluding hydrogens is 202 g/mol. The smallest absolute Gasteiger partial charge is 0.170 e. The van der Waals surface area contributed by atoms with Gasteiger partial charge in [0, 0.05) is 11.1 Å². The van der Waals surface area contributed by atoms with Gasteiger partial charge < -0.3 is 9.26 Å². The Hall–Kier alpha value is -1.77. The van der Waals surface area contributed by atoms with E-state index in [0.717, 1.165) is 23.5 Å². The van der Waals surface area contributed by atoms with E-state index in [1.54, 1.807) is 7.11 Å². The van der Waals surface area contributed by atoms with Crippen molar-refractivity contribution in [2.45, 2.75) is 19.3 Å². The minimum Gasteiger partial charge on any atom is -0.497 e. The molecule has 1 aromatic carbocycles. The maximum atomic E-state index is 5.35. The van der Waals surface area contributed by atoms with Crippen LogP contribution in [0.1, 0.15) is 24.0 Å². The molecule has 3 rings (SSSR count). The van der Waals surface area contributed by atoms with Gasteiger partial charge in [0.2, 0.25) is 0 Å².